The van der Waals surface area contributed by atoms with Crippen molar-refractivity contribution in [3.05, 3.63) is 29.8 Å². The molecule has 1 aromatic carbocycles. The summed E-state index contributed by atoms with van der Waals surface area (Å²) in [6.45, 7) is 0. The summed E-state index contributed by atoms with van der Waals surface area (Å²) in [6.07, 6.45) is 6.66. The van der Waals surface area contributed by atoms with E-state index in [2.05, 4.69) is 10.0 Å². The van der Waals surface area contributed by atoms with Gasteiger partial charge in [-0.2, -0.15) is 0 Å². The second-order valence-electron chi connectivity index (χ2n) is 6.32. The number of carbonyl (C=O) groups excluding carboxylic acids is 1. The summed E-state index contributed by atoms with van der Waals surface area (Å²) in [7, 11) is -1.86. The molecule has 6 nitrogen and oxygen atoms in total. The Bertz CT molecular complexity index is 637. The van der Waals surface area contributed by atoms with Gasteiger partial charge < -0.3 is 10.1 Å². The van der Waals surface area contributed by atoms with Crippen molar-refractivity contribution < 1.29 is 17.9 Å². The fourth-order valence-corrected chi connectivity index (χ4v) is 3.78. The molecule has 0 aliphatic heterocycles. The van der Waals surface area contributed by atoms with Crippen LogP contribution in [0.1, 0.15) is 50.1 Å². The number of sulfonamides is 1. The molecule has 0 spiro atoms. The molecule has 24 heavy (non-hydrogen) atoms. The van der Waals surface area contributed by atoms with Crippen LogP contribution in [0, 0.1) is 0 Å². The zero-order chi connectivity index (χ0) is 17.6. The van der Waals surface area contributed by atoms with Gasteiger partial charge in [0.05, 0.1) is 19.4 Å². The molecule has 0 saturated heterocycles. The summed E-state index contributed by atoms with van der Waals surface area (Å²) in [6, 6.07) is 6.68. The van der Waals surface area contributed by atoms with Crippen LogP contribution >= 0.6 is 0 Å². The Morgan fingerprint density at radius 2 is 1.83 bits per heavy atom. The Hall–Kier alpha value is -1.60. The highest BCUT2D eigenvalue weighted by Gasteiger charge is 2.22. The van der Waals surface area contributed by atoms with Gasteiger partial charge in [0.2, 0.25) is 15.9 Å². The minimum atomic E-state index is -3.43. The molecular weight excluding hydrogens is 328 g/mol. The molecular formula is C17H26N2O4S. The standard InChI is InChI=1S/C17H26N2O4S/c1-23-15-10-8-13(9-11-15)16(19-24(2,21)22)12-17(20)18-14-6-4-3-5-7-14/h8-11,14,16,19H,3-7,12H2,1-2H3,(H,18,20). The number of carbonyl (C=O) groups is 1. The first kappa shape index (κ1) is 18.7. The molecule has 1 aromatic rings. The summed E-state index contributed by atoms with van der Waals surface area (Å²) in [5.41, 5.74) is 0.736. The Kier molecular flexibility index (Phi) is 6.62. The van der Waals surface area contributed by atoms with Crippen LogP contribution in [-0.2, 0) is 14.8 Å². The lowest BCUT2D eigenvalue weighted by Gasteiger charge is -2.24. The van der Waals surface area contributed by atoms with E-state index in [0.29, 0.717) is 5.75 Å². The highest BCUT2D eigenvalue weighted by Crippen LogP contribution is 2.22. The molecule has 1 atom stereocenters. The normalized spacial score (nSPS) is 17.2. The molecule has 7 heteroatoms. The Morgan fingerprint density at radius 1 is 1.21 bits per heavy atom. The molecule has 134 valence electrons. The van der Waals surface area contributed by atoms with Crippen molar-refractivity contribution in [1.82, 2.24) is 10.0 Å². The molecule has 1 amide bonds. The van der Waals surface area contributed by atoms with E-state index < -0.39 is 16.1 Å². The monoisotopic (exact) mass is 354 g/mol. The topological polar surface area (TPSA) is 84.5 Å². The van der Waals surface area contributed by atoms with Gasteiger partial charge in [-0.1, -0.05) is 31.4 Å². The van der Waals surface area contributed by atoms with E-state index in [4.69, 9.17) is 4.74 Å². The van der Waals surface area contributed by atoms with Crippen molar-refractivity contribution in [1.29, 1.82) is 0 Å². The van der Waals surface area contributed by atoms with Gasteiger partial charge in [-0.15, -0.1) is 0 Å². The van der Waals surface area contributed by atoms with Crippen LogP contribution in [0.3, 0.4) is 0 Å². The van der Waals surface area contributed by atoms with Crippen molar-refractivity contribution in [3.63, 3.8) is 0 Å². The Balaban J connectivity index is 2.05. The van der Waals surface area contributed by atoms with Gasteiger partial charge in [0.1, 0.15) is 5.75 Å². The van der Waals surface area contributed by atoms with Crippen molar-refractivity contribution in [2.75, 3.05) is 13.4 Å². The first-order valence-electron chi connectivity index (χ1n) is 8.28. The highest BCUT2D eigenvalue weighted by molar-refractivity contribution is 7.88. The lowest BCUT2D eigenvalue weighted by atomic mass is 9.95. The van der Waals surface area contributed by atoms with E-state index in [0.717, 1.165) is 37.5 Å². The van der Waals surface area contributed by atoms with Gasteiger partial charge >= 0.3 is 0 Å². The zero-order valence-electron chi connectivity index (χ0n) is 14.2. The molecule has 0 heterocycles. The molecule has 2 N–H and O–H groups in total. The summed E-state index contributed by atoms with van der Waals surface area (Å²) in [5.74, 6) is 0.558. The quantitative estimate of drug-likeness (QED) is 0.785. The summed E-state index contributed by atoms with van der Waals surface area (Å²) in [4.78, 5) is 12.3. The maximum absolute atomic E-state index is 12.3. The molecule has 2 rings (SSSR count). The van der Waals surface area contributed by atoms with Gasteiger partial charge in [0.25, 0.3) is 0 Å². The Labute approximate surface area is 144 Å². The number of ether oxygens (including phenoxy) is 1. The third-order valence-corrected chi connectivity index (χ3v) is 4.95. The van der Waals surface area contributed by atoms with Crippen molar-refractivity contribution in [3.8, 4) is 5.75 Å². The smallest absolute Gasteiger partial charge is 0.222 e. The number of methoxy groups -OCH3 is 1. The van der Waals surface area contributed by atoms with Crippen LogP contribution in [0.25, 0.3) is 0 Å². The van der Waals surface area contributed by atoms with Crippen molar-refractivity contribution in [2.45, 2.75) is 50.6 Å². The fraction of sp³-hybridized carbons (Fsp3) is 0.588. The molecule has 0 bridgehead atoms. The van der Waals surface area contributed by atoms with E-state index in [1.54, 1.807) is 31.4 Å². The van der Waals surface area contributed by atoms with Crippen molar-refractivity contribution >= 4 is 15.9 Å². The molecule has 1 unspecified atom stereocenters. The van der Waals surface area contributed by atoms with Crippen LogP contribution in [0.2, 0.25) is 0 Å². The zero-order valence-corrected chi connectivity index (χ0v) is 15.1. The van der Waals surface area contributed by atoms with Gasteiger partial charge in [-0.05, 0) is 30.5 Å². The van der Waals surface area contributed by atoms with Gasteiger partial charge in [-0.25, -0.2) is 13.1 Å². The van der Waals surface area contributed by atoms with Gasteiger partial charge in [0.15, 0.2) is 0 Å². The lowest BCUT2D eigenvalue weighted by Crippen LogP contribution is -2.39. The average molecular weight is 354 g/mol. The fourth-order valence-electron chi connectivity index (χ4n) is 3.04. The number of rotatable bonds is 7. The molecule has 0 radical (unpaired) electrons. The highest BCUT2D eigenvalue weighted by atomic mass is 32.2. The van der Waals surface area contributed by atoms with E-state index >= 15 is 0 Å². The predicted octanol–water partition coefficient (Wildman–Crippen LogP) is 2.12. The van der Waals surface area contributed by atoms with E-state index in [1.807, 2.05) is 0 Å². The van der Waals surface area contributed by atoms with Crippen LogP contribution < -0.4 is 14.8 Å². The average Bonchev–Trinajstić information content (AvgIpc) is 2.54. The lowest BCUT2D eigenvalue weighted by molar-refractivity contribution is -0.122. The minimum Gasteiger partial charge on any atom is -0.497 e. The van der Waals surface area contributed by atoms with E-state index in [1.165, 1.54) is 6.42 Å². The molecule has 1 fully saturated rings. The maximum atomic E-state index is 12.3. The van der Waals surface area contributed by atoms with Crippen LogP contribution in [0.4, 0.5) is 0 Å². The van der Waals surface area contributed by atoms with E-state index in [9.17, 15) is 13.2 Å². The van der Waals surface area contributed by atoms with Gasteiger partial charge in [-0.3, -0.25) is 4.79 Å². The Morgan fingerprint density at radius 3 is 2.38 bits per heavy atom. The van der Waals surface area contributed by atoms with Crippen LogP contribution in [-0.4, -0.2) is 33.7 Å². The number of amides is 1. The van der Waals surface area contributed by atoms with E-state index in [-0.39, 0.29) is 18.4 Å². The third-order valence-electron chi connectivity index (χ3n) is 4.23. The molecule has 0 aromatic heterocycles. The third kappa shape index (κ3) is 6.13. The van der Waals surface area contributed by atoms with Crippen molar-refractivity contribution in [2.24, 2.45) is 0 Å². The molecule has 1 aliphatic carbocycles. The maximum Gasteiger partial charge on any atom is 0.222 e. The first-order chi connectivity index (χ1) is 11.4. The summed E-state index contributed by atoms with van der Waals surface area (Å²) in [5, 5.41) is 3.03. The number of benzene rings is 1. The van der Waals surface area contributed by atoms with Gasteiger partial charge in [0, 0.05) is 12.5 Å². The number of nitrogens with one attached hydrogen (secondary N) is 2. The number of hydrogen-bond acceptors (Lipinski definition) is 4. The minimum absolute atomic E-state index is 0.0793. The SMILES string of the molecule is COc1ccc(C(CC(=O)NC2CCCCC2)NS(C)(=O)=O)cc1. The summed E-state index contributed by atoms with van der Waals surface area (Å²) >= 11 is 0. The predicted molar refractivity (Wildman–Crippen MR) is 93.3 cm³/mol. The van der Waals surface area contributed by atoms with Crippen LogP contribution in [0.15, 0.2) is 24.3 Å². The first-order valence-corrected chi connectivity index (χ1v) is 10.2. The molecule has 1 aliphatic rings. The largest absolute Gasteiger partial charge is 0.497 e. The second-order valence-corrected chi connectivity index (χ2v) is 8.10. The summed E-state index contributed by atoms with van der Waals surface area (Å²) < 4.78 is 30.9. The second kappa shape index (κ2) is 8.48. The molecule has 1 saturated carbocycles. The number of hydrogen-bond donors (Lipinski definition) is 2. The van der Waals surface area contributed by atoms with Crippen LogP contribution in [0.5, 0.6) is 5.75 Å².